The zero-order chi connectivity index (χ0) is 19.1. The molecule has 0 bridgehead atoms. The van der Waals surface area contributed by atoms with E-state index in [1.165, 1.54) is 12.8 Å². The Balaban J connectivity index is 1.81. The number of hydrogen-bond acceptors (Lipinski definition) is 2. The van der Waals surface area contributed by atoms with Crippen molar-refractivity contribution in [1.82, 2.24) is 4.57 Å². The molecule has 0 amide bonds. The van der Waals surface area contributed by atoms with Gasteiger partial charge in [-0.2, -0.15) is 4.57 Å². The van der Waals surface area contributed by atoms with Gasteiger partial charge in [-0.25, -0.2) is 0 Å². The van der Waals surface area contributed by atoms with E-state index < -0.39 is 0 Å². The van der Waals surface area contributed by atoms with Crippen LogP contribution in [-0.4, -0.2) is 17.0 Å². The van der Waals surface area contributed by atoms with Gasteiger partial charge in [-0.05, 0) is 37.6 Å². The van der Waals surface area contributed by atoms with Crippen LogP contribution in [0.3, 0.4) is 0 Å². The number of carbonyl (C=O) groups is 1. The van der Waals surface area contributed by atoms with E-state index in [0.29, 0.717) is 0 Å². The number of carbonyl (C=O) groups excluding carboxylic acids is 1. The smallest absolute Gasteiger partial charge is 0.227 e. The van der Waals surface area contributed by atoms with Gasteiger partial charge in [0.05, 0.1) is 5.52 Å². The van der Waals surface area contributed by atoms with Crippen molar-refractivity contribution in [2.45, 2.75) is 39.2 Å². The molecular weight excluding hydrogens is 334 g/mol. The Morgan fingerprint density at radius 2 is 1.81 bits per heavy atom. The summed E-state index contributed by atoms with van der Waals surface area (Å²) in [5.74, 6) is 0.0260. The number of fused-ring (bicyclic) bond motifs is 1. The molecule has 0 atom stereocenters. The summed E-state index contributed by atoms with van der Waals surface area (Å²) in [5.41, 5.74) is 8.73. The van der Waals surface area contributed by atoms with E-state index in [2.05, 4.69) is 47.2 Å². The number of nitrogens with zero attached hydrogens (tertiary/aromatic N) is 2. The van der Waals surface area contributed by atoms with Gasteiger partial charge in [0.15, 0.2) is 6.20 Å². The molecule has 3 rings (SSSR count). The molecule has 0 aliphatic carbocycles. The summed E-state index contributed by atoms with van der Waals surface area (Å²) >= 11 is 0. The molecule has 0 aliphatic rings. The standard InChI is InChI=1S/C23H28N3O/c1-19(27)26-18-20(22-11-4-5-12-23(22)26)13-14-21-10-6-9-17-25(21)16-8-3-2-7-15-24/h4-6,9-14,17-18H,2-3,7-8,15-16,24H2,1H3/q+1. The first-order valence-electron chi connectivity index (χ1n) is 9.68. The van der Waals surface area contributed by atoms with Crippen LogP contribution in [0.2, 0.25) is 0 Å². The summed E-state index contributed by atoms with van der Waals surface area (Å²) in [6.07, 6.45) is 12.9. The van der Waals surface area contributed by atoms with Crippen LogP contribution in [0.15, 0.2) is 54.9 Å². The molecule has 2 aromatic heterocycles. The molecule has 2 heterocycles. The third-order valence-electron chi connectivity index (χ3n) is 4.84. The van der Waals surface area contributed by atoms with Gasteiger partial charge < -0.3 is 5.73 Å². The van der Waals surface area contributed by atoms with Crippen molar-refractivity contribution in [3.63, 3.8) is 0 Å². The lowest BCUT2D eigenvalue weighted by atomic mass is 10.1. The zero-order valence-corrected chi connectivity index (χ0v) is 16.0. The van der Waals surface area contributed by atoms with Gasteiger partial charge in [-0.3, -0.25) is 9.36 Å². The molecule has 4 nitrogen and oxygen atoms in total. The number of nitrogens with two attached hydrogens (primary N) is 1. The molecule has 0 fully saturated rings. The Morgan fingerprint density at radius 1 is 1.04 bits per heavy atom. The molecule has 0 aliphatic heterocycles. The zero-order valence-electron chi connectivity index (χ0n) is 16.0. The van der Waals surface area contributed by atoms with E-state index in [1.807, 2.05) is 24.4 Å². The maximum atomic E-state index is 11.9. The predicted octanol–water partition coefficient (Wildman–Crippen LogP) is 4.28. The minimum absolute atomic E-state index is 0.0260. The molecule has 140 valence electrons. The molecule has 0 radical (unpaired) electrons. The van der Waals surface area contributed by atoms with Crippen molar-refractivity contribution >= 4 is 29.0 Å². The molecule has 27 heavy (non-hydrogen) atoms. The quantitative estimate of drug-likeness (QED) is 0.480. The topological polar surface area (TPSA) is 51.9 Å². The number of unbranched alkanes of at least 4 members (excludes halogenated alkanes) is 3. The molecule has 0 saturated carbocycles. The number of aromatic nitrogens is 2. The Labute approximate surface area is 160 Å². The minimum Gasteiger partial charge on any atom is -0.330 e. The van der Waals surface area contributed by atoms with Crippen LogP contribution in [0.1, 0.15) is 48.7 Å². The third kappa shape index (κ3) is 4.72. The highest BCUT2D eigenvalue weighted by molar-refractivity contribution is 5.97. The third-order valence-corrected chi connectivity index (χ3v) is 4.84. The second kappa shape index (κ2) is 9.28. The number of para-hydroxylation sites is 1. The number of benzene rings is 1. The summed E-state index contributed by atoms with van der Waals surface area (Å²) in [7, 11) is 0. The highest BCUT2D eigenvalue weighted by atomic mass is 16.1. The van der Waals surface area contributed by atoms with Crippen molar-refractivity contribution in [3.05, 3.63) is 66.1 Å². The van der Waals surface area contributed by atoms with Crippen LogP contribution < -0.4 is 10.3 Å². The van der Waals surface area contributed by atoms with Crippen LogP contribution in [0, 0.1) is 0 Å². The SMILES string of the molecule is CC(=O)n1cc(/C=C/c2cccc[n+]2CCCCCCN)c2ccccc21. The lowest BCUT2D eigenvalue weighted by molar-refractivity contribution is -0.699. The number of aryl methyl sites for hydroxylation is 1. The highest BCUT2D eigenvalue weighted by Crippen LogP contribution is 2.23. The summed E-state index contributed by atoms with van der Waals surface area (Å²) in [4.78, 5) is 11.9. The van der Waals surface area contributed by atoms with Crippen molar-refractivity contribution in [3.8, 4) is 0 Å². The van der Waals surface area contributed by atoms with E-state index in [4.69, 9.17) is 5.73 Å². The van der Waals surface area contributed by atoms with E-state index >= 15 is 0 Å². The largest absolute Gasteiger partial charge is 0.330 e. The van der Waals surface area contributed by atoms with Gasteiger partial charge in [0.25, 0.3) is 0 Å². The molecule has 0 unspecified atom stereocenters. The number of hydrogen-bond donors (Lipinski definition) is 1. The van der Waals surface area contributed by atoms with E-state index in [-0.39, 0.29) is 5.91 Å². The van der Waals surface area contributed by atoms with Crippen LogP contribution in [-0.2, 0) is 6.54 Å². The molecule has 4 heteroatoms. The fraction of sp³-hybridized carbons (Fsp3) is 0.304. The minimum atomic E-state index is 0.0260. The van der Waals surface area contributed by atoms with Crippen LogP contribution in [0.25, 0.3) is 23.1 Å². The predicted molar refractivity (Wildman–Crippen MR) is 111 cm³/mol. The lowest BCUT2D eigenvalue weighted by Gasteiger charge is -2.01. The van der Waals surface area contributed by atoms with Gasteiger partial charge in [-0.1, -0.05) is 24.6 Å². The Kier molecular flexibility index (Phi) is 6.55. The summed E-state index contributed by atoms with van der Waals surface area (Å²) in [5, 5.41) is 1.09. The Hall–Kier alpha value is -2.72. The molecular formula is C23H28N3O+. The van der Waals surface area contributed by atoms with E-state index in [0.717, 1.165) is 48.1 Å². The van der Waals surface area contributed by atoms with Gasteiger partial charge in [-0.15, -0.1) is 0 Å². The maximum absolute atomic E-state index is 11.9. The second-order valence-corrected chi connectivity index (χ2v) is 6.85. The normalized spacial score (nSPS) is 11.5. The molecule has 3 aromatic rings. The number of rotatable bonds is 8. The first kappa shape index (κ1) is 19.1. The van der Waals surface area contributed by atoms with Gasteiger partial charge >= 0.3 is 0 Å². The molecule has 1 aromatic carbocycles. The van der Waals surface area contributed by atoms with Gasteiger partial charge in [0, 0.05) is 48.7 Å². The fourth-order valence-corrected chi connectivity index (χ4v) is 3.40. The first-order chi connectivity index (χ1) is 13.2. The van der Waals surface area contributed by atoms with Crippen LogP contribution in [0.5, 0.6) is 0 Å². The maximum Gasteiger partial charge on any atom is 0.227 e. The monoisotopic (exact) mass is 362 g/mol. The molecule has 2 N–H and O–H groups in total. The summed E-state index contributed by atoms with van der Waals surface area (Å²) < 4.78 is 3.99. The van der Waals surface area contributed by atoms with E-state index in [9.17, 15) is 4.79 Å². The average Bonchev–Trinajstić information content (AvgIpc) is 3.06. The first-order valence-corrected chi connectivity index (χ1v) is 9.68. The van der Waals surface area contributed by atoms with E-state index in [1.54, 1.807) is 11.5 Å². The average molecular weight is 362 g/mol. The Morgan fingerprint density at radius 3 is 2.63 bits per heavy atom. The van der Waals surface area contributed by atoms with Crippen molar-refractivity contribution in [2.24, 2.45) is 5.73 Å². The van der Waals surface area contributed by atoms with Crippen molar-refractivity contribution < 1.29 is 9.36 Å². The molecule has 0 saturated heterocycles. The summed E-state index contributed by atoms with van der Waals surface area (Å²) in [6.45, 7) is 3.37. The van der Waals surface area contributed by atoms with Crippen LogP contribution >= 0.6 is 0 Å². The molecule has 0 spiro atoms. The Bertz CT molecular complexity index is 940. The summed E-state index contributed by atoms with van der Waals surface area (Å²) in [6, 6.07) is 14.3. The number of pyridine rings is 1. The van der Waals surface area contributed by atoms with Gasteiger partial charge in [0.2, 0.25) is 11.6 Å². The fourth-order valence-electron chi connectivity index (χ4n) is 3.40. The lowest BCUT2D eigenvalue weighted by Crippen LogP contribution is -2.36. The van der Waals surface area contributed by atoms with Crippen LogP contribution in [0.4, 0.5) is 0 Å². The highest BCUT2D eigenvalue weighted by Gasteiger charge is 2.10. The van der Waals surface area contributed by atoms with Crippen molar-refractivity contribution in [1.29, 1.82) is 0 Å². The van der Waals surface area contributed by atoms with Crippen molar-refractivity contribution in [2.75, 3.05) is 6.54 Å². The second-order valence-electron chi connectivity index (χ2n) is 6.85. The van der Waals surface area contributed by atoms with Gasteiger partial charge in [0.1, 0.15) is 6.54 Å².